The van der Waals surface area contributed by atoms with Gasteiger partial charge in [-0.05, 0) is 43.0 Å². The van der Waals surface area contributed by atoms with Crippen molar-refractivity contribution >= 4 is 11.7 Å². The summed E-state index contributed by atoms with van der Waals surface area (Å²) in [6.45, 7) is 1.96. The van der Waals surface area contributed by atoms with Crippen LogP contribution < -0.4 is 0 Å². The molecule has 1 aliphatic heterocycles. The summed E-state index contributed by atoms with van der Waals surface area (Å²) in [4.78, 5) is 27.6. The van der Waals surface area contributed by atoms with Gasteiger partial charge in [-0.2, -0.15) is 0 Å². The van der Waals surface area contributed by atoms with Crippen LogP contribution in [0.2, 0.25) is 0 Å². The van der Waals surface area contributed by atoms with E-state index in [4.69, 9.17) is 4.42 Å². The van der Waals surface area contributed by atoms with Crippen molar-refractivity contribution in [1.82, 2.24) is 4.90 Å². The van der Waals surface area contributed by atoms with Crippen molar-refractivity contribution < 1.29 is 19.1 Å². The van der Waals surface area contributed by atoms with E-state index in [1.807, 2.05) is 31.2 Å². The van der Waals surface area contributed by atoms with Crippen LogP contribution in [-0.2, 0) is 4.79 Å². The molecule has 5 heteroatoms. The highest BCUT2D eigenvalue weighted by atomic mass is 16.3. The Kier molecular flexibility index (Phi) is 4.15. The second-order valence-corrected chi connectivity index (χ2v) is 6.98. The van der Waals surface area contributed by atoms with Gasteiger partial charge in [-0.25, -0.2) is 0 Å². The lowest BCUT2D eigenvalue weighted by Crippen LogP contribution is -2.39. The van der Waals surface area contributed by atoms with Gasteiger partial charge in [-0.15, -0.1) is 0 Å². The number of aliphatic hydroxyl groups is 1. The van der Waals surface area contributed by atoms with Gasteiger partial charge in [-0.3, -0.25) is 9.59 Å². The fourth-order valence-electron chi connectivity index (χ4n) is 4.15. The molecule has 134 valence electrons. The average molecular weight is 351 g/mol. The van der Waals surface area contributed by atoms with Crippen LogP contribution in [0.4, 0.5) is 0 Å². The van der Waals surface area contributed by atoms with E-state index >= 15 is 0 Å². The third kappa shape index (κ3) is 2.55. The smallest absolute Gasteiger partial charge is 0.290 e. The standard InChI is InChI=1S/C21H21NO4/c1-13-7-2-5-10-15(13)18-17(19(23)16-11-6-12-26-16)20(24)21(25)22(18)14-8-3-4-9-14/h2,5-7,10-12,14,18,24H,3-4,8-9H2,1H3. The number of Topliss-reactive ketones (excluding diaryl/α,β-unsaturated/α-hetero) is 1. The molecule has 5 nitrogen and oxygen atoms in total. The Labute approximate surface area is 151 Å². The number of ketones is 1. The number of furan rings is 1. The molecule has 1 saturated carbocycles. The summed E-state index contributed by atoms with van der Waals surface area (Å²) in [6, 6.07) is 10.3. The number of nitrogens with zero attached hydrogens (tertiary/aromatic N) is 1. The first-order chi connectivity index (χ1) is 12.6. The number of aryl methyl sites for hydroxylation is 1. The summed E-state index contributed by atoms with van der Waals surface area (Å²) in [7, 11) is 0. The number of carbonyl (C=O) groups excluding carboxylic acids is 2. The molecule has 0 saturated heterocycles. The molecule has 1 amide bonds. The Morgan fingerprint density at radius 2 is 1.88 bits per heavy atom. The molecule has 0 radical (unpaired) electrons. The summed E-state index contributed by atoms with van der Waals surface area (Å²) in [5, 5.41) is 10.6. The van der Waals surface area contributed by atoms with Crippen molar-refractivity contribution in [1.29, 1.82) is 0 Å². The minimum Gasteiger partial charge on any atom is -0.503 e. The third-order valence-corrected chi connectivity index (χ3v) is 5.43. The molecule has 1 aromatic carbocycles. The van der Waals surface area contributed by atoms with Gasteiger partial charge in [0.15, 0.2) is 11.5 Å². The summed E-state index contributed by atoms with van der Waals surface area (Å²) in [6.07, 6.45) is 5.31. The van der Waals surface area contributed by atoms with E-state index in [-0.39, 0.29) is 17.4 Å². The molecule has 1 fully saturated rings. The monoisotopic (exact) mass is 351 g/mol. The van der Waals surface area contributed by atoms with Crippen LogP contribution in [0.15, 0.2) is 58.4 Å². The maximum atomic E-state index is 13.0. The van der Waals surface area contributed by atoms with Crippen molar-refractivity contribution in [3.05, 3.63) is 70.9 Å². The Morgan fingerprint density at radius 3 is 2.54 bits per heavy atom. The van der Waals surface area contributed by atoms with Crippen LogP contribution in [-0.4, -0.2) is 27.7 Å². The van der Waals surface area contributed by atoms with E-state index in [1.165, 1.54) is 6.26 Å². The highest BCUT2D eigenvalue weighted by Gasteiger charge is 2.47. The zero-order valence-corrected chi connectivity index (χ0v) is 14.6. The largest absolute Gasteiger partial charge is 0.503 e. The summed E-state index contributed by atoms with van der Waals surface area (Å²) >= 11 is 0. The van der Waals surface area contributed by atoms with E-state index < -0.39 is 23.5 Å². The molecule has 1 aromatic heterocycles. The lowest BCUT2D eigenvalue weighted by atomic mass is 9.91. The number of carbonyl (C=O) groups is 2. The fraction of sp³-hybridized carbons (Fsp3) is 0.333. The molecule has 0 spiro atoms. The van der Waals surface area contributed by atoms with Crippen molar-refractivity contribution in [2.45, 2.75) is 44.7 Å². The van der Waals surface area contributed by atoms with E-state index in [0.29, 0.717) is 0 Å². The average Bonchev–Trinajstić information content (AvgIpc) is 3.37. The molecular weight excluding hydrogens is 330 g/mol. The van der Waals surface area contributed by atoms with Gasteiger partial charge in [0.2, 0.25) is 5.78 Å². The molecular formula is C21H21NO4. The summed E-state index contributed by atoms with van der Waals surface area (Å²) < 4.78 is 5.24. The van der Waals surface area contributed by atoms with E-state index in [9.17, 15) is 14.7 Å². The molecule has 2 aromatic rings. The van der Waals surface area contributed by atoms with Crippen LogP contribution in [0.25, 0.3) is 0 Å². The first-order valence-electron chi connectivity index (χ1n) is 8.99. The first-order valence-corrected chi connectivity index (χ1v) is 8.99. The van der Waals surface area contributed by atoms with Gasteiger partial charge in [0.25, 0.3) is 5.91 Å². The Morgan fingerprint density at radius 1 is 1.15 bits per heavy atom. The maximum Gasteiger partial charge on any atom is 0.290 e. The van der Waals surface area contributed by atoms with Crippen molar-refractivity contribution in [2.24, 2.45) is 0 Å². The molecule has 1 unspecified atom stereocenters. The van der Waals surface area contributed by atoms with Crippen LogP contribution in [0.5, 0.6) is 0 Å². The fourth-order valence-corrected chi connectivity index (χ4v) is 4.15. The van der Waals surface area contributed by atoms with Crippen molar-refractivity contribution in [3.8, 4) is 0 Å². The predicted octanol–water partition coefficient (Wildman–Crippen LogP) is 4.11. The maximum absolute atomic E-state index is 13.0. The predicted molar refractivity (Wildman–Crippen MR) is 95.7 cm³/mol. The van der Waals surface area contributed by atoms with Crippen molar-refractivity contribution in [2.75, 3.05) is 0 Å². The van der Waals surface area contributed by atoms with Crippen molar-refractivity contribution in [3.63, 3.8) is 0 Å². The van der Waals surface area contributed by atoms with Crippen LogP contribution >= 0.6 is 0 Å². The number of benzene rings is 1. The third-order valence-electron chi connectivity index (χ3n) is 5.43. The topological polar surface area (TPSA) is 70.7 Å². The minimum atomic E-state index is -0.579. The molecule has 2 aliphatic rings. The zero-order valence-electron chi connectivity index (χ0n) is 14.6. The van der Waals surface area contributed by atoms with E-state index in [0.717, 1.165) is 36.8 Å². The molecule has 0 bridgehead atoms. The number of rotatable bonds is 4. The first kappa shape index (κ1) is 16.6. The quantitative estimate of drug-likeness (QED) is 0.842. The number of aliphatic hydroxyl groups excluding tert-OH is 1. The Bertz CT molecular complexity index is 875. The molecule has 1 N–H and O–H groups in total. The lowest BCUT2D eigenvalue weighted by molar-refractivity contribution is -0.131. The summed E-state index contributed by atoms with van der Waals surface area (Å²) in [5.41, 5.74) is 1.96. The van der Waals surface area contributed by atoms with E-state index in [1.54, 1.807) is 17.0 Å². The molecule has 2 heterocycles. The van der Waals surface area contributed by atoms with E-state index in [2.05, 4.69) is 0 Å². The van der Waals surface area contributed by atoms with Crippen LogP contribution in [0.3, 0.4) is 0 Å². The van der Waals surface area contributed by atoms with Gasteiger partial charge in [0.05, 0.1) is 17.9 Å². The minimum absolute atomic E-state index is 0.0381. The number of amides is 1. The van der Waals surface area contributed by atoms with Gasteiger partial charge in [0, 0.05) is 6.04 Å². The molecule has 4 rings (SSSR count). The van der Waals surface area contributed by atoms with Gasteiger partial charge in [-0.1, -0.05) is 37.1 Å². The Balaban J connectivity index is 1.85. The normalized spacial score (nSPS) is 21.0. The SMILES string of the molecule is Cc1ccccc1C1C(C(=O)c2ccco2)=C(O)C(=O)N1C1CCCC1. The second kappa shape index (κ2) is 6.48. The lowest BCUT2D eigenvalue weighted by Gasteiger charge is -2.32. The molecule has 26 heavy (non-hydrogen) atoms. The summed E-state index contributed by atoms with van der Waals surface area (Å²) in [5.74, 6) is -1.22. The highest BCUT2D eigenvalue weighted by Crippen LogP contribution is 2.44. The van der Waals surface area contributed by atoms with Crippen LogP contribution in [0, 0.1) is 6.92 Å². The van der Waals surface area contributed by atoms with Gasteiger partial charge in [0.1, 0.15) is 0 Å². The van der Waals surface area contributed by atoms with Gasteiger partial charge >= 0.3 is 0 Å². The molecule has 1 aliphatic carbocycles. The van der Waals surface area contributed by atoms with Gasteiger partial charge < -0.3 is 14.4 Å². The second-order valence-electron chi connectivity index (χ2n) is 6.98. The zero-order chi connectivity index (χ0) is 18.3. The Hall–Kier alpha value is -2.82. The van der Waals surface area contributed by atoms with Crippen LogP contribution in [0.1, 0.15) is 53.4 Å². The molecule has 1 atom stereocenters. The number of hydrogen-bond acceptors (Lipinski definition) is 4. The number of hydrogen-bond donors (Lipinski definition) is 1. The highest BCUT2D eigenvalue weighted by molar-refractivity contribution is 6.15.